The molecule has 0 aliphatic carbocycles. The summed E-state index contributed by atoms with van der Waals surface area (Å²) in [4.78, 5) is 11.6. The smallest absolute Gasteiger partial charge is 0.224 e. The van der Waals surface area contributed by atoms with Crippen LogP contribution in [0.5, 0.6) is 0 Å². The van der Waals surface area contributed by atoms with Gasteiger partial charge in [-0.3, -0.25) is 4.79 Å². The van der Waals surface area contributed by atoms with E-state index in [1.54, 1.807) is 0 Å². The van der Waals surface area contributed by atoms with Crippen molar-refractivity contribution in [3.05, 3.63) is 29.8 Å². The molecule has 0 saturated heterocycles. The van der Waals surface area contributed by atoms with E-state index < -0.39 is 0 Å². The highest BCUT2D eigenvalue weighted by Crippen LogP contribution is 2.05. The Morgan fingerprint density at radius 3 is 2.67 bits per heavy atom. The van der Waals surface area contributed by atoms with Gasteiger partial charge in [-0.05, 0) is 37.5 Å². The number of nitrogens with two attached hydrogens (primary N) is 1. The Labute approximate surface area is 109 Å². The number of anilines is 1. The minimum Gasteiger partial charge on any atom is -0.399 e. The SMILES string of the molecule is CCOCCCCNC(=O)Cc1ccc(N)cc1. The minimum atomic E-state index is 0.0520. The monoisotopic (exact) mass is 250 g/mol. The Hall–Kier alpha value is -1.55. The summed E-state index contributed by atoms with van der Waals surface area (Å²) in [6.45, 7) is 4.21. The quantitative estimate of drug-likeness (QED) is 0.545. The first kappa shape index (κ1) is 14.5. The van der Waals surface area contributed by atoms with Crippen molar-refractivity contribution in [3.63, 3.8) is 0 Å². The van der Waals surface area contributed by atoms with Gasteiger partial charge in [-0.2, -0.15) is 0 Å². The zero-order valence-electron chi connectivity index (χ0n) is 10.9. The molecule has 100 valence electrons. The maximum Gasteiger partial charge on any atom is 0.224 e. The van der Waals surface area contributed by atoms with E-state index in [4.69, 9.17) is 10.5 Å². The molecule has 0 fully saturated rings. The number of unbranched alkanes of at least 4 members (excludes halogenated alkanes) is 1. The lowest BCUT2D eigenvalue weighted by molar-refractivity contribution is -0.120. The fraction of sp³-hybridized carbons (Fsp3) is 0.500. The first-order chi connectivity index (χ1) is 8.72. The molecule has 0 atom stereocenters. The van der Waals surface area contributed by atoms with Crippen molar-refractivity contribution in [3.8, 4) is 0 Å². The Kier molecular flexibility index (Phi) is 6.87. The average molecular weight is 250 g/mol. The molecule has 0 aromatic heterocycles. The number of carbonyl (C=O) groups is 1. The van der Waals surface area contributed by atoms with Crippen LogP contribution in [0.2, 0.25) is 0 Å². The predicted molar refractivity (Wildman–Crippen MR) is 73.3 cm³/mol. The molecular formula is C14H22N2O2. The molecule has 0 unspecified atom stereocenters. The molecule has 4 heteroatoms. The van der Waals surface area contributed by atoms with Crippen LogP contribution in [-0.2, 0) is 16.0 Å². The Bertz CT molecular complexity index is 349. The first-order valence-electron chi connectivity index (χ1n) is 6.41. The molecule has 0 aliphatic rings. The molecule has 4 nitrogen and oxygen atoms in total. The molecule has 3 N–H and O–H groups in total. The lowest BCUT2D eigenvalue weighted by atomic mass is 10.1. The third-order valence-corrected chi connectivity index (χ3v) is 2.59. The highest BCUT2D eigenvalue weighted by Gasteiger charge is 2.02. The molecule has 0 saturated carbocycles. The second kappa shape index (κ2) is 8.53. The van der Waals surface area contributed by atoms with Gasteiger partial charge in [0.1, 0.15) is 0 Å². The maximum atomic E-state index is 11.6. The van der Waals surface area contributed by atoms with Gasteiger partial charge in [-0.1, -0.05) is 12.1 Å². The summed E-state index contributed by atoms with van der Waals surface area (Å²) in [6.07, 6.45) is 2.34. The van der Waals surface area contributed by atoms with Crippen LogP contribution >= 0.6 is 0 Å². The van der Waals surface area contributed by atoms with E-state index in [2.05, 4.69) is 5.32 Å². The molecule has 1 aromatic carbocycles. The molecule has 0 spiro atoms. The van der Waals surface area contributed by atoms with Gasteiger partial charge in [0.05, 0.1) is 6.42 Å². The summed E-state index contributed by atoms with van der Waals surface area (Å²) in [7, 11) is 0. The topological polar surface area (TPSA) is 64.3 Å². The third-order valence-electron chi connectivity index (χ3n) is 2.59. The van der Waals surface area contributed by atoms with Crippen LogP contribution in [0.4, 0.5) is 5.69 Å². The molecular weight excluding hydrogens is 228 g/mol. The van der Waals surface area contributed by atoms with Crippen molar-refractivity contribution in [2.75, 3.05) is 25.5 Å². The molecule has 0 radical (unpaired) electrons. The van der Waals surface area contributed by atoms with E-state index in [9.17, 15) is 4.79 Å². The maximum absolute atomic E-state index is 11.6. The van der Waals surface area contributed by atoms with Gasteiger partial charge in [-0.15, -0.1) is 0 Å². The summed E-state index contributed by atoms with van der Waals surface area (Å²) in [6, 6.07) is 7.38. The number of nitrogen functional groups attached to an aromatic ring is 1. The summed E-state index contributed by atoms with van der Waals surface area (Å²) in [5, 5.41) is 2.90. The number of hydrogen-bond acceptors (Lipinski definition) is 3. The van der Waals surface area contributed by atoms with Crippen LogP contribution in [0.25, 0.3) is 0 Å². The first-order valence-corrected chi connectivity index (χ1v) is 6.41. The van der Waals surface area contributed by atoms with Gasteiger partial charge in [0.15, 0.2) is 0 Å². The summed E-state index contributed by atoms with van der Waals surface area (Å²) >= 11 is 0. The normalized spacial score (nSPS) is 10.3. The molecule has 0 aliphatic heterocycles. The van der Waals surface area contributed by atoms with Crippen LogP contribution in [0.3, 0.4) is 0 Å². The van der Waals surface area contributed by atoms with Crippen molar-refractivity contribution in [2.45, 2.75) is 26.2 Å². The Balaban J connectivity index is 2.12. The van der Waals surface area contributed by atoms with Gasteiger partial charge in [-0.25, -0.2) is 0 Å². The number of hydrogen-bond donors (Lipinski definition) is 2. The standard InChI is InChI=1S/C14H22N2O2/c1-2-18-10-4-3-9-16-14(17)11-12-5-7-13(15)8-6-12/h5-8H,2-4,9-11,15H2,1H3,(H,16,17). The lowest BCUT2D eigenvalue weighted by Gasteiger charge is -2.05. The molecule has 18 heavy (non-hydrogen) atoms. The summed E-state index contributed by atoms with van der Waals surface area (Å²) in [5.74, 6) is 0.0520. The second-order valence-corrected chi connectivity index (χ2v) is 4.17. The fourth-order valence-electron chi connectivity index (χ4n) is 1.58. The number of nitrogens with one attached hydrogen (secondary N) is 1. The number of amides is 1. The summed E-state index contributed by atoms with van der Waals surface area (Å²) in [5.41, 5.74) is 7.28. The molecule has 0 heterocycles. The number of carbonyl (C=O) groups excluding carboxylic acids is 1. The third kappa shape index (κ3) is 6.25. The van der Waals surface area contributed by atoms with E-state index >= 15 is 0 Å². The van der Waals surface area contributed by atoms with Crippen LogP contribution < -0.4 is 11.1 Å². The highest BCUT2D eigenvalue weighted by molar-refractivity contribution is 5.78. The van der Waals surface area contributed by atoms with Gasteiger partial charge in [0.25, 0.3) is 0 Å². The van der Waals surface area contributed by atoms with Crippen molar-refractivity contribution in [1.82, 2.24) is 5.32 Å². The molecule has 1 aromatic rings. The van der Waals surface area contributed by atoms with E-state index in [-0.39, 0.29) is 5.91 Å². The largest absolute Gasteiger partial charge is 0.399 e. The van der Waals surface area contributed by atoms with Crippen molar-refractivity contribution in [2.24, 2.45) is 0 Å². The van der Waals surface area contributed by atoms with Crippen LogP contribution in [-0.4, -0.2) is 25.7 Å². The molecule has 1 rings (SSSR count). The molecule has 0 bridgehead atoms. The van der Waals surface area contributed by atoms with Gasteiger partial charge in [0.2, 0.25) is 5.91 Å². The van der Waals surface area contributed by atoms with Crippen LogP contribution in [0, 0.1) is 0 Å². The lowest BCUT2D eigenvalue weighted by Crippen LogP contribution is -2.26. The Morgan fingerprint density at radius 1 is 1.28 bits per heavy atom. The Morgan fingerprint density at radius 2 is 2.00 bits per heavy atom. The van der Waals surface area contributed by atoms with Gasteiger partial charge < -0.3 is 15.8 Å². The van der Waals surface area contributed by atoms with Crippen molar-refractivity contribution >= 4 is 11.6 Å². The van der Waals surface area contributed by atoms with E-state index in [0.29, 0.717) is 13.0 Å². The predicted octanol–water partition coefficient (Wildman–Crippen LogP) is 1.74. The highest BCUT2D eigenvalue weighted by atomic mass is 16.5. The van der Waals surface area contributed by atoms with Crippen LogP contribution in [0.1, 0.15) is 25.3 Å². The van der Waals surface area contributed by atoms with Gasteiger partial charge >= 0.3 is 0 Å². The van der Waals surface area contributed by atoms with Crippen LogP contribution in [0.15, 0.2) is 24.3 Å². The number of benzene rings is 1. The van der Waals surface area contributed by atoms with Crippen molar-refractivity contribution in [1.29, 1.82) is 0 Å². The number of rotatable bonds is 8. The molecule has 1 amide bonds. The van der Waals surface area contributed by atoms with E-state index in [1.807, 2.05) is 31.2 Å². The summed E-state index contributed by atoms with van der Waals surface area (Å²) < 4.78 is 5.22. The fourth-order valence-corrected chi connectivity index (χ4v) is 1.58. The zero-order valence-corrected chi connectivity index (χ0v) is 10.9. The van der Waals surface area contributed by atoms with Gasteiger partial charge in [0, 0.05) is 25.4 Å². The number of ether oxygens (including phenoxy) is 1. The minimum absolute atomic E-state index is 0.0520. The van der Waals surface area contributed by atoms with E-state index in [0.717, 1.165) is 37.3 Å². The zero-order chi connectivity index (χ0) is 13.2. The van der Waals surface area contributed by atoms with E-state index in [1.165, 1.54) is 0 Å². The average Bonchev–Trinajstić information content (AvgIpc) is 2.36. The second-order valence-electron chi connectivity index (χ2n) is 4.17. The van der Waals surface area contributed by atoms with Crippen molar-refractivity contribution < 1.29 is 9.53 Å².